The van der Waals surface area contributed by atoms with E-state index < -0.39 is 0 Å². The van der Waals surface area contributed by atoms with Crippen molar-refractivity contribution in [3.05, 3.63) is 34.3 Å². The Kier molecular flexibility index (Phi) is 5.97. The highest BCUT2D eigenvalue weighted by Gasteiger charge is 2.31. The van der Waals surface area contributed by atoms with Gasteiger partial charge in [-0.25, -0.2) is 0 Å². The third-order valence-corrected chi connectivity index (χ3v) is 5.42. The first-order valence-corrected chi connectivity index (χ1v) is 9.35. The average molecular weight is 365 g/mol. The molecule has 136 valence electrons. The normalized spacial score (nSPS) is 20.8. The molecule has 0 N–H and O–H groups in total. The number of carbonyl (C=O) groups is 2. The zero-order valence-corrected chi connectivity index (χ0v) is 15.4. The minimum absolute atomic E-state index is 0.0823. The van der Waals surface area contributed by atoms with Crippen molar-refractivity contribution in [2.45, 2.75) is 38.7 Å². The van der Waals surface area contributed by atoms with E-state index in [0.717, 1.165) is 29.0 Å². The largest absolute Gasteiger partial charge is 0.368 e. The van der Waals surface area contributed by atoms with Crippen molar-refractivity contribution in [1.29, 1.82) is 0 Å². The Morgan fingerprint density at radius 1 is 1.20 bits per heavy atom. The number of aryl methyl sites for hydroxylation is 2. The van der Waals surface area contributed by atoms with Crippen LogP contribution < -0.4 is 0 Å². The van der Waals surface area contributed by atoms with Crippen LogP contribution >= 0.6 is 11.6 Å². The SMILES string of the molecule is Cc1ccc(CCC(=O)N2CCN(C(=O)[C@H]3CCCO3)CC2)cc1Cl. The number of ether oxygens (including phenoxy) is 1. The summed E-state index contributed by atoms with van der Waals surface area (Å²) in [6.07, 6.45) is 2.66. The summed E-state index contributed by atoms with van der Waals surface area (Å²) in [7, 11) is 0. The molecule has 0 unspecified atom stereocenters. The van der Waals surface area contributed by atoms with Crippen LogP contribution in [0, 0.1) is 6.92 Å². The van der Waals surface area contributed by atoms with E-state index in [0.29, 0.717) is 45.6 Å². The lowest BCUT2D eigenvalue weighted by Crippen LogP contribution is -2.52. The van der Waals surface area contributed by atoms with Crippen LogP contribution in [0.2, 0.25) is 5.02 Å². The summed E-state index contributed by atoms with van der Waals surface area (Å²) < 4.78 is 5.47. The van der Waals surface area contributed by atoms with Crippen molar-refractivity contribution in [3.63, 3.8) is 0 Å². The molecule has 2 aliphatic heterocycles. The second kappa shape index (κ2) is 8.19. The van der Waals surface area contributed by atoms with Gasteiger partial charge in [-0.15, -0.1) is 0 Å². The van der Waals surface area contributed by atoms with Gasteiger partial charge >= 0.3 is 0 Å². The van der Waals surface area contributed by atoms with Gasteiger partial charge in [-0.2, -0.15) is 0 Å². The molecule has 5 nitrogen and oxygen atoms in total. The zero-order valence-electron chi connectivity index (χ0n) is 14.7. The van der Waals surface area contributed by atoms with E-state index in [9.17, 15) is 9.59 Å². The molecule has 25 heavy (non-hydrogen) atoms. The minimum Gasteiger partial charge on any atom is -0.368 e. The molecule has 1 atom stereocenters. The Labute approximate surface area is 153 Å². The molecule has 0 radical (unpaired) electrons. The number of amides is 2. The Bertz CT molecular complexity index is 636. The van der Waals surface area contributed by atoms with Gasteiger partial charge in [-0.3, -0.25) is 9.59 Å². The van der Waals surface area contributed by atoms with Gasteiger partial charge in [0, 0.05) is 44.2 Å². The van der Waals surface area contributed by atoms with Crippen LogP contribution in [0.25, 0.3) is 0 Å². The van der Waals surface area contributed by atoms with Gasteiger partial charge in [0.15, 0.2) is 0 Å². The summed E-state index contributed by atoms with van der Waals surface area (Å²) >= 11 is 6.13. The molecule has 2 heterocycles. The molecule has 2 fully saturated rings. The number of piperazine rings is 1. The fourth-order valence-corrected chi connectivity index (χ4v) is 3.56. The van der Waals surface area contributed by atoms with Crippen molar-refractivity contribution in [2.75, 3.05) is 32.8 Å². The molecule has 2 aliphatic rings. The molecule has 2 amide bonds. The lowest BCUT2D eigenvalue weighted by Gasteiger charge is -2.35. The van der Waals surface area contributed by atoms with Crippen molar-refractivity contribution < 1.29 is 14.3 Å². The fourth-order valence-electron chi connectivity index (χ4n) is 3.35. The molecule has 1 aromatic rings. The second-order valence-corrected chi connectivity index (χ2v) is 7.20. The van der Waals surface area contributed by atoms with Crippen LogP contribution in [0.1, 0.15) is 30.4 Å². The molecule has 0 saturated carbocycles. The molecule has 1 aromatic carbocycles. The molecule has 0 bridgehead atoms. The van der Waals surface area contributed by atoms with Crippen molar-refractivity contribution in [1.82, 2.24) is 9.80 Å². The molecule has 3 rings (SSSR count). The van der Waals surface area contributed by atoms with Crippen molar-refractivity contribution >= 4 is 23.4 Å². The Balaban J connectivity index is 1.44. The van der Waals surface area contributed by atoms with Crippen molar-refractivity contribution in [3.8, 4) is 0 Å². The summed E-state index contributed by atoms with van der Waals surface area (Å²) in [4.78, 5) is 28.4. The van der Waals surface area contributed by atoms with E-state index in [1.54, 1.807) is 0 Å². The van der Waals surface area contributed by atoms with Crippen molar-refractivity contribution in [2.24, 2.45) is 0 Å². The highest BCUT2D eigenvalue weighted by Crippen LogP contribution is 2.19. The fraction of sp³-hybridized carbons (Fsp3) is 0.579. The summed E-state index contributed by atoms with van der Waals surface area (Å²) in [6.45, 7) is 5.05. The Morgan fingerprint density at radius 2 is 1.92 bits per heavy atom. The van der Waals surface area contributed by atoms with Gasteiger partial charge in [-0.1, -0.05) is 23.7 Å². The van der Waals surface area contributed by atoms with E-state index in [1.165, 1.54) is 0 Å². The molecular weight excluding hydrogens is 340 g/mol. The molecule has 0 aromatic heterocycles. The predicted octanol–water partition coefficient (Wildman–Crippen LogP) is 2.43. The monoisotopic (exact) mass is 364 g/mol. The summed E-state index contributed by atoms with van der Waals surface area (Å²) in [5.74, 6) is 0.222. The van der Waals surface area contributed by atoms with Gasteiger partial charge in [0.2, 0.25) is 5.91 Å². The van der Waals surface area contributed by atoms with Crippen LogP contribution in [-0.2, 0) is 20.7 Å². The number of rotatable bonds is 4. The maximum atomic E-state index is 12.4. The average Bonchev–Trinajstić information content (AvgIpc) is 3.16. The zero-order chi connectivity index (χ0) is 17.8. The van der Waals surface area contributed by atoms with Gasteiger partial charge in [-0.05, 0) is 43.4 Å². The standard InChI is InChI=1S/C19H25ClN2O3/c1-14-4-5-15(13-16(14)20)6-7-18(23)21-8-10-22(11-9-21)19(24)17-3-2-12-25-17/h4-5,13,17H,2-3,6-12H2,1H3/t17-/m1/s1. The Morgan fingerprint density at radius 3 is 2.56 bits per heavy atom. The number of hydrogen-bond acceptors (Lipinski definition) is 3. The summed E-state index contributed by atoms with van der Waals surface area (Å²) in [5, 5.41) is 0.742. The Hall–Kier alpha value is -1.59. The third-order valence-electron chi connectivity index (χ3n) is 5.01. The van der Waals surface area contributed by atoms with Crippen LogP contribution in [0.3, 0.4) is 0 Å². The molecule has 0 aliphatic carbocycles. The van der Waals surface area contributed by atoms with E-state index in [2.05, 4.69) is 0 Å². The maximum Gasteiger partial charge on any atom is 0.251 e. The number of halogens is 1. The van der Waals surface area contributed by atoms with E-state index in [-0.39, 0.29) is 17.9 Å². The number of hydrogen-bond donors (Lipinski definition) is 0. The second-order valence-electron chi connectivity index (χ2n) is 6.79. The topological polar surface area (TPSA) is 49.9 Å². The molecule has 2 saturated heterocycles. The van der Waals surface area contributed by atoms with Crippen LogP contribution in [0.15, 0.2) is 18.2 Å². The smallest absolute Gasteiger partial charge is 0.251 e. The van der Waals surface area contributed by atoms with Crippen LogP contribution in [-0.4, -0.2) is 60.5 Å². The van der Waals surface area contributed by atoms with Crippen LogP contribution in [0.5, 0.6) is 0 Å². The molecule has 6 heteroatoms. The first-order chi connectivity index (χ1) is 12.0. The molecule has 0 spiro atoms. The highest BCUT2D eigenvalue weighted by atomic mass is 35.5. The maximum absolute atomic E-state index is 12.4. The van der Waals surface area contributed by atoms with Gasteiger partial charge < -0.3 is 14.5 Å². The van der Waals surface area contributed by atoms with Gasteiger partial charge in [0.25, 0.3) is 5.91 Å². The highest BCUT2D eigenvalue weighted by molar-refractivity contribution is 6.31. The third kappa shape index (κ3) is 4.53. The first-order valence-electron chi connectivity index (χ1n) is 8.98. The van der Waals surface area contributed by atoms with Gasteiger partial charge in [0.1, 0.15) is 6.10 Å². The van der Waals surface area contributed by atoms with Crippen LogP contribution in [0.4, 0.5) is 0 Å². The lowest BCUT2D eigenvalue weighted by atomic mass is 10.1. The predicted molar refractivity (Wildman–Crippen MR) is 96.6 cm³/mol. The first kappa shape index (κ1) is 18.2. The number of nitrogens with zero attached hydrogens (tertiary/aromatic N) is 2. The van der Waals surface area contributed by atoms with E-state index in [1.807, 2.05) is 34.9 Å². The minimum atomic E-state index is -0.270. The van der Waals surface area contributed by atoms with E-state index in [4.69, 9.17) is 16.3 Å². The lowest BCUT2D eigenvalue weighted by molar-refractivity contribution is -0.146. The van der Waals surface area contributed by atoms with E-state index >= 15 is 0 Å². The summed E-state index contributed by atoms with van der Waals surface area (Å²) in [6, 6.07) is 5.94. The number of benzene rings is 1. The quantitative estimate of drug-likeness (QED) is 0.824. The molecular formula is C19H25ClN2O3. The van der Waals surface area contributed by atoms with Gasteiger partial charge in [0.05, 0.1) is 0 Å². The summed E-state index contributed by atoms with van der Waals surface area (Å²) in [5.41, 5.74) is 2.12. The number of carbonyl (C=O) groups excluding carboxylic acids is 2.